The summed E-state index contributed by atoms with van der Waals surface area (Å²) in [6.07, 6.45) is 1.27. The molecule has 0 saturated heterocycles. The minimum Gasteiger partial charge on any atom is -0.372 e. The molecule has 0 saturated carbocycles. The summed E-state index contributed by atoms with van der Waals surface area (Å²) in [6.45, 7) is 3.69. The van der Waals surface area contributed by atoms with E-state index >= 15 is 0 Å². The van der Waals surface area contributed by atoms with E-state index in [0.717, 1.165) is 11.1 Å². The van der Waals surface area contributed by atoms with Crippen LogP contribution in [0.2, 0.25) is 5.02 Å². The summed E-state index contributed by atoms with van der Waals surface area (Å²) < 4.78 is 27.4. The SMILES string of the molecule is CNc1ncc(S(=O)(=O)Nc2c(C)cccc2C)cc1Cl. The molecule has 2 rings (SSSR count). The summed E-state index contributed by atoms with van der Waals surface area (Å²) in [7, 11) is -2.07. The van der Waals surface area contributed by atoms with Gasteiger partial charge in [-0.05, 0) is 31.0 Å². The highest BCUT2D eigenvalue weighted by Gasteiger charge is 2.18. The van der Waals surface area contributed by atoms with Crippen LogP contribution in [-0.4, -0.2) is 20.4 Å². The second-order valence-corrected chi connectivity index (χ2v) is 6.71. The summed E-state index contributed by atoms with van der Waals surface area (Å²) in [5.41, 5.74) is 2.28. The highest BCUT2D eigenvalue weighted by atomic mass is 35.5. The highest BCUT2D eigenvalue weighted by Crippen LogP contribution is 2.26. The number of hydrogen-bond donors (Lipinski definition) is 2. The first-order valence-electron chi connectivity index (χ1n) is 6.27. The van der Waals surface area contributed by atoms with Crippen LogP contribution in [0.1, 0.15) is 11.1 Å². The first-order chi connectivity index (χ1) is 9.85. The van der Waals surface area contributed by atoms with Gasteiger partial charge in [-0.25, -0.2) is 13.4 Å². The van der Waals surface area contributed by atoms with Gasteiger partial charge in [0.05, 0.1) is 10.7 Å². The molecule has 5 nitrogen and oxygen atoms in total. The van der Waals surface area contributed by atoms with E-state index in [9.17, 15) is 8.42 Å². The predicted molar refractivity (Wildman–Crippen MR) is 85.5 cm³/mol. The van der Waals surface area contributed by atoms with E-state index in [1.54, 1.807) is 7.05 Å². The van der Waals surface area contributed by atoms with E-state index in [1.165, 1.54) is 12.3 Å². The second-order valence-electron chi connectivity index (χ2n) is 4.62. The van der Waals surface area contributed by atoms with Crippen molar-refractivity contribution in [3.05, 3.63) is 46.6 Å². The standard InChI is InChI=1S/C14H16ClN3O2S/c1-9-5-4-6-10(2)13(9)18-21(19,20)11-7-12(15)14(16-3)17-8-11/h4-8,18H,1-3H3,(H,16,17). The van der Waals surface area contributed by atoms with Gasteiger partial charge in [0.2, 0.25) is 0 Å². The average molecular weight is 326 g/mol. The zero-order valence-electron chi connectivity index (χ0n) is 11.9. The van der Waals surface area contributed by atoms with Crippen molar-refractivity contribution < 1.29 is 8.42 Å². The zero-order valence-corrected chi connectivity index (χ0v) is 13.5. The van der Waals surface area contributed by atoms with Crippen molar-refractivity contribution in [2.45, 2.75) is 18.7 Å². The van der Waals surface area contributed by atoms with E-state index in [4.69, 9.17) is 11.6 Å². The molecule has 2 N–H and O–H groups in total. The molecule has 0 unspecified atom stereocenters. The minimum atomic E-state index is -3.73. The summed E-state index contributed by atoms with van der Waals surface area (Å²) in [5.74, 6) is 0.433. The molecule has 0 aliphatic rings. The van der Waals surface area contributed by atoms with E-state index in [0.29, 0.717) is 11.5 Å². The van der Waals surface area contributed by atoms with E-state index < -0.39 is 10.0 Å². The maximum atomic E-state index is 12.4. The number of hydrogen-bond acceptors (Lipinski definition) is 4. The van der Waals surface area contributed by atoms with Crippen LogP contribution in [0.4, 0.5) is 11.5 Å². The number of sulfonamides is 1. The molecule has 0 fully saturated rings. The van der Waals surface area contributed by atoms with Crippen LogP contribution in [0.3, 0.4) is 0 Å². The number of para-hydroxylation sites is 1. The van der Waals surface area contributed by atoms with Gasteiger partial charge in [0, 0.05) is 13.2 Å². The largest absolute Gasteiger partial charge is 0.372 e. The van der Waals surface area contributed by atoms with Crippen molar-refractivity contribution in [3.63, 3.8) is 0 Å². The number of nitrogens with one attached hydrogen (secondary N) is 2. The summed E-state index contributed by atoms with van der Waals surface area (Å²) in [6, 6.07) is 6.94. The van der Waals surface area contributed by atoms with Crippen molar-refractivity contribution in [2.24, 2.45) is 0 Å². The molecule has 0 amide bonds. The summed E-state index contributed by atoms with van der Waals surface area (Å²) in [5, 5.41) is 3.04. The van der Waals surface area contributed by atoms with E-state index in [1.807, 2.05) is 32.0 Å². The molecule has 21 heavy (non-hydrogen) atoms. The third-order valence-corrected chi connectivity index (χ3v) is 4.69. The smallest absolute Gasteiger partial charge is 0.263 e. The van der Waals surface area contributed by atoms with Crippen LogP contribution < -0.4 is 10.0 Å². The first kappa shape index (κ1) is 15.6. The van der Waals surface area contributed by atoms with Crippen molar-refractivity contribution in [2.75, 3.05) is 17.1 Å². The van der Waals surface area contributed by atoms with Gasteiger partial charge >= 0.3 is 0 Å². The average Bonchev–Trinajstić information content (AvgIpc) is 2.43. The van der Waals surface area contributed by atoms with Crippen molar-refractivity contribution in [3.8, 4) is 0 Å². The van der Waals surface area contributed by atoms with Gasteiger partial charge in [0.1, 0.15) is 10.7 Å². The fourth-order valence-corrected chi connectivity index (χ4v) is 3.42. The molecule has 0 bridgehead atoms. The Labute approximate surface area is 129 Å². The van der Waals surface area contributed by atoms with Crippen molar-refractivity contribution >= 4 is 33.1 Å². The molecular formula is C14H16ClN3O2S. The molecule has 7 heteroatoms. The van der Waals surface area contributed by atoms with Crippen LogP contribution in [0.25, 0.3) is 0 Å². The Morgan fingerprint density at radius 2 is 1.81 bits per heavy atom. The number of halogens is 1. The maximum absolute atomic E-state index is 12.4. The Balaban J connectivity index is 2.41. The zero-order chi connectivity index (χ0) is 15.6. The lowest BCUT2D eigenvalue weighted by molar-refractivity contribution is 0.600. The normalized spacial score (nSPS) is 11.2. The molecule has 0 spiro atoms. The molecule has 112 valence electrons. The Kier molecular flexibility index (Phi) is 4.39. The topological polar surface area (TPSA) is 71.1 Å². The first-order valence-corrected chi connectivity index (χ1v) is 8.13. The highest BCUT2D eigenvalue weighted by molar-refractivity contribution is 7.92. The van der Waals surface area contributed by atoms with Gasteiger partial charge in [-0.15, -0.1) is 0 Å². The van der Waals surface area contributed by atoms with Gasteiger partial charge in [0.25, 0.3) is 10.0 Å². The second kappa shape index (κ2) is 5.91. The Hall–Kier alpha value is -1.79. The number of aromatic nitrogens is 1. The summed E-state index contributed by atoms with van der Waals surface area (Å²) >= 11 is 5.98. The lowest BCUT2D eigenvalue weighted by atomic mass is 10.1. The van der Waals surface area contributed by atoms with E-state index in [-0.39, 0.29) is 9.92 Å². The Morgan fingerprint density at radius 1 is 1.19 bits per heavy atom. The molecule has 0 aliphatic carbocycles. The molecule has 2 aromatic rings. The number of anilines is 2. The quantitative estimate of drug-likeness (QED) is 0.905. The van der Waals surface area contributed by atoms with E-state index in [2.05, 4.69) is 15.0 Å². The Bertz CT molecular complexity index is 756. The van der Waals surface area contributed by atoms with Crippen molar-refractivity contribution in [1.82, 2.24) is 4.98 Å². The monoisotopic (exact) mass is 325 g/mol. The molecule has 1 heterocycles. The van der Waals surface area contributed by atoms with Crippen LogP contribution >= 0.6 is 11.6 Å². The fraction of sp³-hybridized carbons (Fsp3) is 0.214. The van der Waals surface area contributed by atoms with Crippen molar-refractivity contribution in [1.29, 1.82) is 0 Å². The lowest BCUT2D eigenvalue weighted by Gasteiger charge is -2.13. The maximum Gasteiger partial charge on any atom is 0.263 e. The number of aryl methyl sites for hydroxylation is 2. The van der Waals surface area contributed by atoms with Gasteiger partial charge in [-0.3, -0.25) is 4.72 Å². The van der Waals surface area contributed by atoms with Gasteiger partial charge in [-0.1, -0.05) is 29.8 Å². The predicted octanol–water partition coefficient (Wildman–Crippen LogP) is 3.19. The summed E-state index contributed by atoms with van der Waals surface area (Å²) in [4.78, 5) is 4.01. The van der Waals surface area contributed by atoms with Crippen LogP contribution in [0, 0.1) is 13.8 Å². The molecular weight excluding hydrogens is 310 g/mol. The molecule has 0 radical (unpaired) electrons. The Morgan fingerprint density at radius 3 is 2.33 bits per heavy atom. The van der Waals surface area contributed by atoms with Gasteiger partial charge in [-0.2, -0.15) is 0 Å². The van der Waals surface area contributed by atoms with Crippen LogP contribution in [0.15, 0.2) is 35.4 Å². The third kappa shape index (κ3) is 3.28. The number of pyridine rings is 1. The fourth-order valence-electron chi connectivity index (χ4n) is 1.92. The molecule has 1 aromatic carbocycles. The molecule has 1 aromatic heterocycles. The minimum absolute atomic E-state index is 0.0224. The number of benzene rings is 1. The van der Waals surface area contributed by atoms with Crippen LogP contribution in [0.5, 0.6) is 0 Å². The van der Waals surface area contributed by atoms with Crippen LogP contribution in [-0.2, 0) is 10.0 Å². The molecule has 0 aliphatic heterocycles. The number of nitrogens with zero attached hydrogens (tertiary/aromatic N) is 1. The number of rotatable bonds is 4. The van der Waals surface area contributed by atoms with Gasteiger partial charge in [0.15, 0.2) is 0 Å². The lowest BCUT2D eigenvalue weighted by Crippen LogP contribution is -2.15. The molecule has 0 atom stereocenters. The third-order valence-electron chi connectivity index (χ3n) is 3.08. The van der Waals surface area contributed by atoms with Gasteiger partial charge < -0.3 is 5.32 Å².